The van der Waals surface area contributed by atoms with Gasteiger partial charge >= 0.3 is 0 Å². The molecule has 150 valence electrons. The van der Waals surface area contributed by atoms with Gasteiger partial charge in [-0.05, 0) is 37.6 Å². The number of hydrogen-bond donors (Lipinski definition) is 3. The molecular weight excluding hydrogens is 356 g/mol. The molecule has 0 bridgehead atoms. The summed E-state index contributed by atoms with van der Waals surface area (Å²) < 4.78 is 0. The van der Waals surface area contributed by atoms with Crippen LogP contribution in [-0.4, -0.2) is 71.5 Å². The number of benzene rings is 1. The average molecular weight is 384 g/mol. The minimum atomic E-state index is -0.209. The molecule has 2 saturated heterocycles. The third-order valence-corrected chi connectivity index (χ3v) is 5.76. The quantitative estimate of drug-likeness (QED) is 0.614. The van der Waals surface area contributed by atoms with Crippen molar-refractivity contribution in [2.45, 2.75) is 43.9 Å². The summed E-state index contributed by atoms with van der Waals surface area (Å²) in [6.45, 7) is 2.29. The molecule has 0 radical (unpaired) electrons. The monoisotopic (exact) mass is 384 g/mol. The highest BCUT2D eigenvalue weighted by atomic mass is 16.3. The van der Waals surface area contributed by atoms with Crippen LogP contribution < -0.4 is 10.6 Å². The fourth-order valence-corrected chi connectivity index (χ4v) is 4.20. The van der Waals surface area contributed by atoms with Crippen LogP contribution in [0, 0.1) is 12.3 Å². The van der Waals surface area contributed by atoms with Crippen LogP contribution >= 0.6 is 0 Å². The number of likely N-dealkylation sites (N-methyl/N-ethyl adjacent to an activating group) is 1. The van der Waals surface area contributed by atoms with E-state index >= 15 is 0 Å². The second-order valence-corrected chi connectivity index (χ2v) is 7.52. The summed E-state index contributed by atoms with van der Waals surface area (Å²) in [4.78, 5) is 29.1. The zero-order chi connectivity index (χ0) is 20.1. The maximum atomic E-state index is 12.8. The first kappa shape index (κ1) is 20.2. The van der Waals surface area contributed by atoms with Gasteiger partial charge in [-0.1, -0.05) is 18.1 Å². The minimum absolute atomic E-state index is 0.0485. The fourth-order valence-electron chi connectivity index (χ4n) is 4.20. The van der Waals surface area contributed by atoms with Crippen molar-refractivity contribution in [2.75, 3.05) is 26.7 Å². The Morgan fingerprint density at radius 3 is 2.86 bits per heavy atom. The van der Waals surface area contributed by atoms with Crippen LogP contribution in [0.5, 0.6) is 5.75 Å². The number of likely N-dealkylation sites (tertiary alicyclic amines) is 1. The maximum Gasteiger partial charge on any atom is 0.239 e. The summed E-state index contributed by atoms with van der Waals surface area (Å²) in [5.41, 5.74) is 1.07. The highest BCUT2D eigenvalue weighted by molar-refractivity contribution is 5.83. The number of nitrogens with one attached hydrogen (secondary N) is 2. The highest BCUT2D eigenvalue weighted by Gasteiger charge is 2.44. The molecule has 0 aromatic heterocycles. The number of hydrogen-bond acceptors (Lipinski definition) is 5. The SMILES string of the molecule is C#CCNC(=O)CCC1CNC(=O)C2C(CCN2Cc2ccc(O)cc2)N1C. The van der Waals surface area contributed by atoms with Crippen LogP contribution in [0.2, 0.25) is 0 Å². The highest BCUT2D eigenvalue weighted by Crippen LogP contribution is 2.28. The molecule has 2 aliphatic rings. The Morgan fingerprint density at radius 2 is 2.14 bits per heavy atom. The number of carbonyl (C=O) groups excluding carboxylic acids is 2. The number of terminal acetylenes is 1. The van der Waals surface area contributed by atoms with E-state index in [9.17, 15) is 14.7 Å². The third kappa shape index (κ3) is 4.64. The van der Waals surface area contributed by atoms with E-state index in [4.69, 9.17) is 6.42 Å². The zero-order valence-corrected chi connectivity index (χ0v) is 16.2. The first-order valence-corrected chi connectivity index (χ1v) is 9.71. The van der Waals surface area contributed by atoms with Crippen molar-refractivity contribution in [3.63, 3.8) is 0 Å². The summed E-state index contributed by atoms with van der Waals surface area (Å²) in [7, 11) is 2.05. The number of nitrogens with zero attached hydrogens (tertiary/aromatic N) is 2. The summed E-state index contributed by atoms with van der Waals surface area (Å²) in [5.74, 6) is 2.63. The van der Waals surface area contributed by atoms with Gasteiger partial charge in [-0.25, -0.2) is 0 Å². The second kappa shape index (κ2) is 9.09. The number of carbonyl (C=O) groups is 2. The lowest BCUT2D eigenvalue weighted by Crippen LogP contribution is -2.49. The predicted octanol–water partition coefficient (Wildman–Crippen LogP) is 0.295. The van der Waals surface area contributed by atoms with Crippen LogP contribution in [0.15, 0.2) is 24.3 Å². The number of aromatic hydroxyl groups is 1. The predicted molar refractivity (Wildman–Crippen MR) is 106 cm³/mol. The molecule has 7 nitrogen and oxygen atoms in total. The van der Waals surface area contributed by atoms with Crippen molar-refractivity contribution in [3.05, 3.63) is 29.8 Å². The van der Waals surface area contributed by atoms with E-state index in [1.54, 1.807) is 12.1 Å². The lowest BCUT2D eigenvalue weighted by molar-refractivity contribution is -0.126. The molecule has 0 saturated carbocycles. The van der Waals surface area contributed by atoms with Gasteiger partial charge in [0.1, 0.15) is 11.8 Å². The first-order chi connectivity index (χ1) is 13.5. The zero-order valence-electron chi connectivity index (χ0n) is 16.2. The Kier molecular flexibility index (Phi) is 6.55. The van der Waals surface area contributed by atoms with Crippen LogP contribution in [0.3, 0.4) is 0 Å². The van der Waals surface area contributed by atoms with Crippen molar-refractivity contribution < 1.29 is 14.7 Å². The molecule has 2 fully saturated rings. The normalized spacial score (nSPS) is 25.4. The number of fused-ring (bicyclic) bond motifs is 1. The fraction of sp³-hybridized carbons (Fsp3) is 0.524. The Morgan fingerprint density at radius 1 is 1.39 bits per heavy atom. The van der Waals surface area contributed by atoms with E-state index in [-0.39, 0.29) is 42.2 Å². The van der Waals surface area contributed by atoms with Gasteiger partial charge in [0.2, 0.25) is 11.8 Å². The number of phenols is 1. The van der Waals surface area contributed by atoms with E-state index in [1.165, 1.54) is 0 Å². The molecule has 1 aromatic rings. The standard InChI is InChI=1S/C21H28N4O3/c1-3-11-22-19(27)9-6-16-13-23-21(28)20-18(24(16)2)10-12-25(20)14-15-4-7-17(26)8-5-15/h1,4-5,7-8,16,18,20,26H,6,9-14H2,2H3,(H,22,27)(H,23,28). The van der Waals surface area contributed by atoms with Crippen molar-refractivity contribution in [3.8, 4) is 18.1 Å². The maximum absolute atomic E-state index is 12.8. The lowest BCUT2D eigenvalue weighted by Gasteiger charge is -2.33. The Hall–Kier alpha value is -2.56. The minimum Gasteiger partial charge on any atom is -0.508 e. The van der Waals surface area contributed by atoms with Gasteiger partial charge in [-0.2, -0.15) is 0 Å². The molecule has 3 rings (SSSR count). The van der Waals surface area contributed by atoms with Crippen molar-refractivity contribution >= 4 is 11.8 Å². The summed E-state index contributed by atoms with van der Waals surface area (Å²) in [6.07, 6.45) is 7.14. The summed E-state index contributed by atoms with van der Waals surface area (Å²) >= 11 is 0. The largest absolute Gasteiger partial charge is 0.508 e. The van der Waals surface area contributed by atoms with Crippen molar-refractivity contribution in [1.29, 1.82) is 0 Å². The van der Waals surface area contributed by atoms with Gasteiger partial charge in [0.25, 0.3) is 0 Å². The number of amides is 2. The van der Waals surface area contributed by atoms with Gasteiger partial charge < -0.3 is 15.7 Å². The summed E-state index contributed by atoms with van der Waals surface area (Å²) in [6, 6.07) is 7.14. The van der Waals surface area contributed by atoms with Gasteiger partial charge in [0.15, 0.2) is 0 Å². The number of phenolic OH excluding ortho intramolecular Hbond substituents is 1. The summed E-state index contributed by atoms with van der Waals surface area (Å²) in [5, 5.41) is 15.2. The van der Waals surface area contributed by atoms with Crippen LogP contribution in [0.25, 0.3) is 0 Å². The Labute approximate surface area is 166 Å². The molecule has 7 heteroatoms. The van der Waals surface area contributed by atoms with E-state index in [0.29, 0.717) is 25.9 Å². The topological polar surface area (TPSA) is 84.9 Å². The second-order valence-electron chi connectivity index (χ2n) is 7.52. The molecule has 0 aliphatic carbocycles. The number of rotatable bonds is 6. The van der Waals surface area contributed by atoms with E-state index in [1.807, 2.05) is 19.2 Å². The van der Waals surface area contributed by atoms with Gasteiger partial charge in [-0.3, -0.25) is 19.4 Å². The van der Waals surface area contributed by atoms with E-state index < -0.39 is 0 Å². The smallest absolute Gasteiger partial charge is 0.239 e. The van der Waals surface area contributed by atoms with Gasteiger partial charge in [0, 0.05) is 38.1 Å². The molecule has 1 aromatic carbocycles. The molecule has 3 unspecified atom stereocenters. The van der Waals surface area contributed by atoms with Crippen LogP contribution in [-0.2, 0) is 16.1 Å². The molecule has 28 heavy (non-hydrogen) atoms. The van der Waals surface area contributed by atoms with Crippen molar-refractivity contribution in [2.24, 2.45) is 0 Å². The van der Waals surface area contributed by atoms with Crippen molar-refractivity contribution in [1.82, 2.24) is 20.4 Å². The first-order valence-electron chi connectivity index (χ1n) is 9.71. The molecule has 3 N–H and O–H groups in total. The Balaban J connectivity index is 1.63. The molecule has 2 heterocycles. The molecule has 0 spiro atoms. The average Bonchev–Trinajstić information content (AvgIpc) is 3.06. The molecule has 2 amide bonds. The van der Waals surface area contributed by atoms with Crippen LogP contribution in [0.1, 0.15) is 24.8 Å². The molecule has 2 aliphatic heterocycles. The molecular formula is C21H28N4O3. The molecule has 3 atom stereocenters. The van der Waals surface area contributed by atoms with Gasteiger partial charge in [-0.15, -0.1) is 6.42 Å². The van der Waals surface area contributed by atoms with E-state index in [0.717, 1.165) is 18.5 Å². The third-order valence-electron chi connectivity index (χ3n) is 5.76. The van der Waals surface area contributed by atoms with E-state index in [2.05, 4.69) is 26.4 Å². The Bertz CT molecular complexity index is 743. The van der Waals surface area contributed by atoms with Crippen LogP contribution in [0.4, 0.5) is 0 Å². The van der Waals surface area contributed by atoms with Gasteiger partial charge in [0.05, 0.1) is 6.54 Å². The lowest BCUT2D eigenvalue weighted by atomic mass is 10.0.